The maximum Gasteiger partial charge on any atom is 0.128 e. The topological polar surface area (TPSA) is 30.7 Å². The van der Waals surface area contributed by atoms with Crippen LogP contribution in [0.4, 0.5) is 4.39 Å². The Kier molecular flexibility index (Phi) is 3.68. The van der Waals surface area contributed by atoms with E-state index in [1.54, 1.807) is 6.07 Å². The highest BCUT2D eigenvalue weighted by Crippen LogP contribution is 2.36. The molecule has 0 spiro atoms. The van der Waals surface area contributed by atoms with Gasteiger partial charge in [-0.1, -0.05) is 66.7 Å². The van der Waals surface area contributed by atoms with Crippen molar-refractivity contribution in [3.05, 3.63) is 96.4 Å². The van der Waals surface area contributed by atoms with Gasteiger partial charge in [0.15, 0.2) is 0 Å². The Labute approximate surface area is 156 Å². The molecule has 130 valence electrons. The minimum Gasteiger partial charge on any atom is -0.342 e. The second kappa shape index (κ2) is 6.32. The Morgan fingerprint density at radius 1 is 0.741 bits per heavy atom. The quantitative estimate of drug-likeness (QED) is 0.435. The molecule has 0 radical (unpaired) electrons. The molecule has 0 unspecified atom stereocenters. The van der Waals surface area contributed by atoms with Crippen molar-refractivity contribution in [2.75, 3.05) is 0 Å². The van der Waals surface area contributed by atoms with Crippen LogP contribution in [0.25, 0.3) is 33.4 Å². The van der Waals surface area contributed by atoms with Gasteiger partial charge in [0, 0.05) is 28.3 Å². The van der Waals surface area contributed by atoms with Crippen molar-refractivity contribution in [1.29, 1.82) is 0 Å². The Morgan fingerprint density at radius 3 is 2.30 bits per heavy atom. The van der Waals surface area contributed by atoms with Gasteiger partial charge in [-0.3, -0.25) is 0 Å². The van der Waals surface area contributed by atoms with Gasteiger partial charge in [0.2, 0.25) is 0 Å². The van der Waals surface area contributed by atoms with E-state index in [0.29, 0.717) is 12.1 Å². The predicted molar refractivity (Wildman–Crippen MR) is 105 cm³/mol. The van der Waals surface area contributed by atoms with Crippen LogP contribution in [-0.2, 0) is 6.54 Å². The summed E-state index contributed by atoms with van der Waals surface area (Å²) in [6.07, 6.45) is 2.03. The molecule has 2 aliphatic heterocycles. The van der Waals surface area contributed by atoms with Gasteiger partial charge in [-0.15, -0.1) is 10.2 Å². The number of para-hydroxylation sites is 1. The zero-order chi connectivity index (χ0) is 18.2. The third-order valence-corrected chi connectivity index (χ3v) is 4.86. The average Bonchev–Trinajstić information content (AvgIpc) is 3.14. The second-order valence-corrected chi connectivity index (χ2v) is 6.54. The van der Waals surface area contributed by atoms with Crippen molar-refractivity contribution >= 4 is 10.9 Å². The number of pyridine rings is 1. The van der Waals surface area contributed by atoms with Crippen LogP contribution in [0, 0.1) is 5.82 Å². The number of benzene rings is 3. The lowest BCUT2D eigenvalue weighted by Gasteiger charge is -2.15. The molecule has 27 heavy (non-hydrogen) atoms. The molecule has 0 saturated carbocycles. The van der Waals surface area contributed by atoms with Crippen LogP contribution in [0.5, 0.6) is 0 Å². The van der Waals surface area contributed by atoms with Gasteiger partial charge < -0.3 is 4.57 Å². The van der Waals surface area contributed by atoms with Crippen LogP contribution in [0.3, 0.4) is 0 Å². The third kappa shape index (κ3) is 2.66. The number of aromatic nitrogens is 3. The summed E-state index contributed by atoms with van der Waals surface area (Å²) in [6, 6.07) is 25.0. The highest BCUT2D eigenvalue weighted by molar-refractivity contribution is 5.97. The van der Waals surface area contributed by atoms with Crippen LogP contribution in [0.2, 0.25) is 0 Å². The van der Waals surface area contributed by atoms with Crippen LogP contribution in [0.1, 0.15) is 5.56 Å². The monoisotopic (exact) mass is 353 g/mol. The second-order valence-electron chi connectivity index (χ2n) is 6.54. The van der Waals surface area contributed by atoms with Gasteiger partial charge in [0.25, 0.3) is 0 Å². The van der Waals surface area contributed by atoms with Crippen LogP contribution in [-0.4, -0.2) is 14.8 Å². The van der Waals surface area contributed by atoms with Gasteiger partial charge in [0.1, 0.15) is 17.2 Å². The van der Waals surface area contributed by atoms with Gasteiger partial charge in [0.05, 0.1) is 12.1 Å². The summed E-state index contributed by atoms with van der Waals surface area (Å²) in [5, 5.41) is 9.91. The summed E-state index contributed by atoms with van der Waals surface area (Å²) in [6.45, 7) is 0.447. The van der Waals surface area contributed by atoms with Crippen molar-refractivity contribution in [3.63, 3.8) is 0 Å². The molecule has 0 aliphatic carbocycles. The molecule has 2 aliphatic rings. The molecule has 3 nitrogen and oxygen atoms in total. The summed E-state index contributed by atoms with van der Waals surface area (Å²) < 4.78 is 16.3. The zero-order valence-corrected chi connectivity index (χ0v) is 14.5. The highest BCUT2D eigenvalue weighted by atomic mass is 19.1. The first-order valence-corrected chi connectivity index (χ1v) is 8.84. The number of fused-ring (bicyclic) bond motifs is 3. The number of hydrogen-bond acceptors (Lipinski definition) is 2. The van der Waals surface area contributed by atoms with Gasteiger partial charge in [-0.25, -0.2) is 4.39 Å². The molecule has 2 heterocycles. The normalized spacial score (nSPS) is 11.3. The van der Waals surface area contributed by atoms with E-state index in [1.165, 1.54) is 6.07 Å². The Morgan fingerprint density at radius 2 is 1.44 bits per heavy atom. The molecule has 0 bridgehead atoms. The maximum atomic E-state index is 14.2. The van der Waals surface area contributed by atoms with Gasteiger partial charge in [-0.2, -0.15) is 0 Å². The first kappa shape index (κ1) is 15.7. The van der Waals surface area contributed by atoms with E-state index in [4.69, 9.17) is 0 Å². The molecule has 0 fully saturated rings. The Hall–Kier alpha value is -3.53. The van der Waals surface area contributed by atoms with E-state index in [2.05, 4.69) is 14.8 Å². The summed E-state index contributed by atoms with van der Waals surface area (Å²) in [4.78, 5) is 0. The molecule has 4 heteroatoms. The van der Waals surface area contributed by atoms with Crippen LogP contribution >= 0.6 is 0 Å². The van der Waals surface area contributed by atoms with Gasteiger partial charge >= 0.3 is 0 Å². The van der Waals surface area contributed by atoms with Crippen molar-refractivity contribution < 1.29 is 4.39 Å². The highest BCUT2D eigenvalue weighted by Gasteiger charge is 2.20. The molecule has 0 saturated heterocycles. The molecule has 0 amide bonds. The fourth-order valence-corrected chi connectivity index (χ4v) is 3.54. The number of halogens is 1. The summed E-state index contributed by atoms with van der Waals surface area (Å²) >= 11 is 0. The largest absolute Gasteiger partial charge is 0.342 e. The van der Waals surface area contributed by atoms with Crippen molar-refractivity contribution in [3.8, 4) is 22.5 Å². The smallest absolute Gasteiger partial charge is 0.128 e. The summed E-state index contributed by atoms with van der Waals surface area (Å²) in [7, 11) is 0. The van der Waals surface area contributed by atoms with Gasteiger partial charge in [-0.05, 0) is 12.1 Å². The van der Waals surface area contributed by atoms with Crippen molar-refractivity contribution in [1.82, 2.24) is 14.8 Å². The average molecular weight is 353 g/mol. The molecular formula is C23H16FN3. The SMILES string of the molecule is Fc1ccccc1Cn1cc2c(-c3ccccc3)nnc-2c2ccccc21. The molecule has 3 aromatic rings. The van der Waals surface area contributed by atoms with E-state index in [0.717, 1.165) is 33.4 Å². The Bertz CT molecular complexity index is 1210. The summed E-state index contributed by atoms with van der Waals surface area (Å²) in [5.41, 5.74) is 5.37. The lowest BCUT2D eigenvalue weighted by Crippen LogP contribution is -2.05. The number of nitrogens with zero attached hydrogens (tertiary/aromatic N) is 3. The molecule has 0 atom stereocenters. The van der Waals surface area contributed by atoms with E-state index in [-0.39, 0.29) is 5.82 Å². The standard InChI is InChI=1S/C23H16FN3/c24-20-12-6-4-10-17(20)14-27-15-19-22(16-8-2-1-3-9-16)25-26-23(19)18-11-5-7-13-21(18)27/h1-13,15H,14H2. The summed E-state index contributed by atoms with van der Waals surface area (Å²) in [5.74, 6) is -0.198. The maximum absolute atomic E-state index is 14.2. The van der Waals surface area contributed by atoms with Crippen molar-refractivity contribution in [2.24, 2.45) is 0 Å². The molecule has 0 N–H and O–H groups in total. The zero-order valence-electron chi connectivity index (χ0n) is 14.5. The van der Waals surface area contributed by atoms with E-state index < -0.39 is 0 Å². The Balaban J connectivity index is 1.75. The minimum atomic E-state index is -0.198. The van der Waals surface area contributed by atoms with E-state index in [9.17, 15) is 4.39 Å². The lowest BCUT2D eigenvalue weighted by atomic mass is 10.0. The molecule has 0 aromatic heterocycles. The lowest BCUT2D eigenvalue weighted by molar-refractivity contribution is 0.601. The van der Waals surface area contributed by atoms with Crippen molar-refractivity contribution in [2.45, 2.75) is 6.54 Å². The van der Waals surface area contributed by atoms with Crippen LogP contribution < -0.4 is 0 Å². The third-order valence-electron chi connectivity index (χ3n) is 4.86. The fraction of sp³-hybridized carbons (Fsp3) is 0.0435. The number of rotatable bonds is 3. The van der Waals surface area contributed by atoms with Crippen LogP contribution in [0.15, 0.2) is 85.1 Å². The molecular weight excluding hydrogens is 337 g/mol. The fourth-order valence-electron chi connectivity index (χ4n) is 3.54. The van der Waals surface area contributed by atoms with E-state index in [1.807, 2.05) is 72.9 Å². The number of hydrogen-bond donors (Lipinski definition) is 0. The minimum absolute atomic E-state index is 0.198. The predicted octanol–water partition coefficient (Wildman–Crippen LogP) is 5.39. The first-order valence-electron chi connectivity index (χ1n) is 8.84. The molecule has 3 aromatic carbocycles. The molecule has 5 rings (SSSR count). The first-order chi connectivity index (χ1) is 13.3. The van der Waals surface area contributed by atoms with E-state index >= 15 is 0 Å².